The zero-order valence-corrected chi connectivity index (χ0v) is 13.3. The number of hydrogen-bond acceptors (Lipinski definition) is 3. The van der Waals surface area contributed by atoms with Crippen LogP contribution < -0.4 is 4.74 Å². The minimum absolute atomic E-state index is 0.0352. The molecular weight excluding hydrogens is 325 g/mol. The third kappa shape index (κ3) is 3.20. The zero-order valence-electron chi connectivity index (χ0n) is 11.8. The molecule has 1 saturated heterocycles. The largest absolute Gasteiger partial charge is 0.468 e. The zero-order chi connectivity index (χ0) is 15.5. The third-order valence-electron chi connectivity index (χ3n) is 3.51. The Kier molecular flexibility index (Phi) is 4.55. The molecule has 1 aliphatic heterocycles. The number of likely N-dealkylation sites (tertiary alicyclic amines) is 1. The van der Waals surface area contributed by atoms with Crippen LogP contribution in [0.1, 0.15) is 23.3 Å². The molecule has 2 heterocycles. The van der Waals surface area contributed by atoms with Crippen LogP contribution in [0.3, 0.4) is 0 Å². The number of ether oxygens (including phenoxy) is 1. The average molecular weight is 340 g/mol. The van der Waals surface area contributed by atoms with Gasteiger partial charge in [-0.1, -0.05) is 29.3 Å². The Bertz CT molecular complexity index is 661. The van der Waals surface area contributed by atoms with E-state index in [1.165, 1.54) is 0 Å². The van der Waals surface area contributed by atoms with E-state index in [0.29, 0.717) is 21.5 Å². The van der Waals surface area contributed by atoms with E-state index in [1.807, 2.05) is 4.90 Å². The second kappa shape index (κ2) is 6.58. The van der Waals surface area contributed by atoms with Gasteiger partial charge in [-0.2, -0.15) is 5.10 Å². The summed E-state index contributed by atoms with van der Waals surface area (Å²) in [4.78, 5) is 14.0. The summed E-state index contributed by atoms with van der Waals surface area (Å²) >= 11 is 12.1. The summed E-state index contributed by atoms with van der Waals surface area (Å²) in [6.45, 7) is 1.74. The molecule has 116 valence electrons. The predicted molar refractivity (Wildman–Crippen MR) is 84.5 cm³/mol. The molecule has 1 aliphatic rings. The van der Waals surface area contributed by atoms with Crippen molar-refractivity contribution in [2.24, 2.45) is 0 Å². The first-order chi connectivity index (χ1) is 10.6. The Labute approximate surface area is 138 Å². The fourth-order valence-corrected chi connectivity index (χ4v) is 2.89. The van der Waals surface area contributed by atoms with Crippen LogP contribution in [-0.2, 0) is 6.73 Å². The molecule has 0 spiro atoms. The maximum absolute atomic E-state index is 12.2. The minimum atomic E-state index is -0.0352. The lowest BCUT2D eigenvalue weighted by Gasteiger charge is -2.13. The summed E-state index contributed by atoms with van der Waals surface area (Å²) in [6.07, 6.45) is 3.81. The number of carbonyl (C=O) groups is 1. The molecule has 1 amide bonds. The summed E-state index contributed by atoms with van der Waals surface area (Å²) in [5.74, 6) is 0.376. The lowest BCUT2D eigenvalue weighted by atomic mass is 10.3. The molecule has 5 nitrogen and oxygen atoms in total. The van der Waals surface area contributed by atoms with Gasteiger partial charge in [-0.25, -0.2) is 4.68 Å². The average Bonchev–Trinajstić information content (AvgIpc) is 3.18. The Hall–Kier alpha value is -1.72. The van der Waals surface area contributed by atoms with Crippen molar-refractivity contribution in [1.29, 1.82) is 0 Å². The van der Waals surface area contributed by atoms with E-state index >= 15 is 0 Å². The fraction of sp³-hybridized carbons (Fsp3) is 0.333. The summed E-state index contributed by atoms with van der Waals surface area (Å²) in [5, 5.41) is 5.12. The summed E-state index contributed by atoms with van der Waals surface area (Å²) in [6, 6.07) is 6.85. The molecule has 0 saturated carbocycles. The fourth-order valence-electron chi connectivity index (χ4n) is 2.38. The number of nitrogens with zero attached hydrogens (tertiary/aromatic N) is 3. The normalized spacial score (nSPS) is 14.4. The van der Waals surface area contributed by atoms with Gasteiger partial charge in [-0.05, 0) is 31.0 Å². The molecule has 7 heteroatoms. The Morgan fingerprint density at radius 3 is 2.55 bits per heavy atom. The lowest BCUT2D eigenvalue weighted by molar-refractivity contribution is 0.0785. The third-order valence-corrected chi connectivity index (χ3v) is 4.11. The molecule has 1 fully saturated rings. The highest BCUT2D eigenvalue weighted by atomic mass is 35.5. The van der Waals surface area contributed by atoms with Crippen molar-refractivity contribution in [3.05, 3.63) is 46.2 Å². The van der Waals surface area contributed by atoms with Gasteiger partial charge in [-0.3, -0.25) is 4.79 Å². The maximum Gasteiger partial charge on any atom is 0.274 e. The highest BCUT2D eigenvalue weighted by Crippen LogP contribution is 2.32. The molecule has 1 aromatic carbocycles. The van der Waals surface area contributed by atoms with Gasteiger partial charge in [0.1, 0.15) is 0 Å². The van der Waals surface area contributed by atoms with Gasteiger partial charge >= 0.3 is 0 Å². The van der Waals surface area contributed by atoms with Crippen molar-refractivity contribution in [3.63, 3.8) is 0 Å². The molecule has 22 heavy (non-hydrogen) atoms. The van der Waals surface area contributed by atoms with Crippen LogP contribution in [0.2, 0.25) is 10.0 Å². The van der Waals surface area contributed by atoms with Gasteiger partial charge in [-0.15, -0.1) is 0 Å². The smallest absolute Gasteiger partial charge is 0.274 e. The standard InChI is InChI=1S/C15H15Cl2N3O2/c16-11-4-3-5-12(17)14(11)22-10-20-9-6-13(18-20)15(21)19-7-1-2-8-19/h3-6,9H,1-2,7-8,10H2. The van der Waals surface area contributed by atoms with Crippen molar-refractivity contribution < 1.29 is 9.53 Å². The number of carbonyl (C=O) groups excluding carboxylic acids is 1. The van der Waals surface area contributed by atoms with Crippen LogP contribution in [0.5, 0.6) is 5.75 Å². The predicted octanol–water partition coefficient (Wildman–Crippen LogP) is 3.46. The van der Waals surface area contributed by atoms with E-state index in [2.05, 4.69) is 5.10 Å². The molecule has 2 aromatic rings. The maximum atomic E-state index is 12.2. The van der Waals surface area contributed by atoms with Crippen molar-refractivity contribution in [1.82, 2.24) is 14.7 Å². The molecule has 0 N–H and O–H groups in total. The second-order valence-electron chi connectivity index (χ2n) is 5.06. The highest BCUT2D eigenvalue weighted by Gasteiger charge is 2.21. The van der Waals surface area contributed by atoms with E-state index in [1.54, 1.807) is 35.1 Å². The number of rotatable bonds is 4. The number of amides is 1. The molecule has 0 unspecified atom stereocenters. The van der Waals surface area contributed by atoms with Crippen LogP contribution in [-0.4, -0.2) is 33.7 Å². The molecular formula is C15H15Cl2N3O2. The van der Waals surface area contributed by atoms with Gasteiger partial charge in [0.25, 0.3) is 5.91 Å². The van der Waals surface area contributed by atoms with Crippen LogP contribution in [0.4, 0.5) is 0 Å². The first-order valence-electron chi connectivity index (χ1n) is 7.05. The molecule has 0 bridgehead atoms. The summed E-state index contributed by atoms with van der Waals surface area (Å²) < 4.78 is 7.13. The first-order valence-corrected chi connectivity index (χ1v) is 7.80. The van der Waals surface area contributed by atoms with Crippen LogP contribution in [0.25, 0.3) is 0 Å². The van der Waals surface area contributed by atoms with E-state index in [4.69, 9.17) is 27.9 Å². The molecule has 1 aromatic heterocycles. The van der Waals surface area contributed by atoms with E-state index < -0.39 is 0 Å². The quantitative estimate of drug-likeness (QED) is 0.856. The van der Waals surface area contributed by atoms with Gasteiger partial charge in [0.15, 0.2) is 18.2 Å². The number of para-hydroxylation sites is 1. The SMILES string of the molecule is O=C(c1ccn(COc2c(Cl)cccc2Cl)n1)N1CCCC1. The van der Waals surface area contributed by atoms with Gasteiger partial charge in [0, 0.05) is 19.3 Å². The monoisotopic (exact) mass is 339 g/mol. The Morgan fingerprint density at radius 2 is 1.86 bits per heavy atom. The Balaban J connectivity index is 1.66. The molecule has 0 radical (unpaired) electrons. The van der Waals surface area contributed by atoms with Crippen molar-refractivity contribution in [2.45, 2.75) is 19.6 Å². The van der Waals surface area contributed by atoms with E-state index in [9.17, 15) is 4.79 Å². The van der Waals surface area contributed by atoms with Gasteiger partial charge < -0.3 is 9.64 Å². The minimum Gasteiger partial charge on any atom is -0.468 e. The van der Waals surface area contributed by atoms with Crippen molar-refractivity contribution in [3.8, 4) is 5.75 Å². The topological polar surface area (TPSA) is 47.4 Å². The molecule has 0 atom stereocenters. The first kappa shape index (κ1) is 15.2. The summed E-state index contributed by atoms with van der Waals surface area (Å²) in [5.41, 5.74) is 0.427. The summed E-state index contributed by atoms with van der Waals surface area (Å²) in [7, 11) is 0. The number of halogens is 2. The number of benzene rings is 1. The van der Waals surface area contributed by atoms with Crippen LogP contribution in [0, 0.1) is 0 Å². The van der Waals surface area contributed by atoms with E-state index in [0.717, 1.165) is 25.9 Å². The number of hydrogen-bond donors (Lipinski definition) is 0. The molecule has 0 aliphatic carbocycles. The Morgan fingerprint density at radius 1 is 1.18 bits per heavy atom. The van der Waals surface area contributed by atoms with Crippen molar-refractivity contribution >= 4 is 29.1 Å². The lowest BCUT2D eigenvalue weighted by Crippen LogP contribution is -2.28. The molecule has 3 rings (SSSR count). The number of aromatic nitrogens is 2. The van der Waals surface area contributed by atoms with E-state index in [-0.39, 0.29) is 12.6 Å². The van der Waals surface area contributed by atoms with Gasteiger partial charge in [0.05, 0.1) is 10.0 Å². The second-order valence-corrected chi connectivity index (χ2v) is 5.88. The van der Waals surface area contributed by atoms with Gasteiger partial charge in [0.2, 0.25) is 0 Å². The van der Waals surface area contributed by atoms with Crippen molar-refractivity contribution in [2.75, 3.05) is 13.1 Å². The highest BCUT2D eigenvalue weighted by molar-refractivity contribution is 6.37. The van der Waals surface area contributed by atoms with Crippen LogP contribution >= 0.6 is 23.2 Å². The van der Waals surface area contributed by atoms with Crippen LogP contribution in [0.15, 0.2) is 30.5 Å².